The minimum absolute atomic E-state index is 0.532. The van der Waals surface area contributed by atoms with E-state index in [-0.39, 0.29) is 0 Å². The second-order valence-corrected chi connectivity index (χ2v) is 14.5. The molecule has 0 spiro atoms. The highest BCUT2D eigenvalue weighted by atomic mass is 15.1. The van der Waals surface area contributed by atoms with Gasteiger partial charge in [-0.15, -0.1) is 0 Å². The maximum atomic E-state index is 4.76. The molecule has 8 aromatic rings. The number of rotatable bonds is 10. The van der Waals surface area contributed by atoms with Crippen LogP contribution in [0.2, 0.25) is 0 Å². The molecule has 272 valence electrons. The van der Waals surface area contributed by atoms with Crippen molar-refractivity contribution in [2.75, 3.05) is 4.90 Å². The normalized spacial score (nSPS) is 14.4. The summed E-state index contributed by atoms with van der Waals surface area (Å²) < 4.78 is 0. The molecule has 1 unspecified atom stereocenters. The van der Waals surface area contributed by atoms with Crippen LogP contribution in [0.25, 0.3) is 44.5 Å². The van der Waals surface area contributed by atoms with Crippen LogP contribution in [-0.2, 0) is 5.41 Å². The Hall–Kier alpha value is -7.22. The van der Waals surface area contributed by atoms with Crippen molar-refractivity contribution in [3.63, 3.8) is 0 Å². The average molecular weight is 730 g/mol. The maximum absolute atomic E-state index is 4.76. The minimum Gasteiger partial charge on any atom is -0.311 e. The summed E-state index contributed by atoms with van der Waals surface area (Å²) in [4.78, 5) is 2.34. The van der Waals surface area contributed by atoms with Gasteiger partial charge in [-0.1, -0.05) is 195 Å². The molecule has 0 aromatic heterocycles. The van der Waals surface area contributed by atoms with Crippen LogP contribution in [-0.4, -0.2) is 0 Å². The van der Waals surface area contributed by atoms with Crippen molar-refractivity contribution < 1.29 is 0 Å². The van der Waals surface area contributed by atoms with Crippen molar-refractivity contribution in [3.8, 4) is 44.5 Å². The Labute approximate surface area is 336 Å². The lowest BCUT2D eigenvalue weighted by Crippen LogP contribution is -2.28. The Balaban J connectivity index is 1.13. The number of benzene rings is 8. The number of nitrogens with zero attached hydrogens (tertiary/aromatic N) is 1. The Morgan fingerprint density at radius 1 is 0.421 bits per heavy atom. The minimum atomic E-state index is -0.532. The Kier molecular flexibility index (Phi) is 9.64. The molecule has 1 atom stereocenters. The Bertz CT molecular complexity index is 2620. The summed E-state index contributed by atoms with van der Waals surface area (Å²) in [6.07, 6.45) is 8.40. The first-order chi connectivity index (χ1) is 28.1. The Morgan fingerprint density at radius 3 is 1.37 bits per heavy atom. The van der Waals surface area contributed by atoms with Gasteiger partial charge in [-0.05, 0) is 116 Å². The van der Waals surface area contributed by atoms with E-state index in [0.29, 0.717) is 0 Å². The van der Waals surface area contributed by atoms with Gasteiger partial charge in [-0.3, -0.25) is 0 Å². The fourth-order valence-corrected chi connectivity index (χ4v) is 8.51. The van der Waals surface area contributed by atoms with Gasteiger partial charge in [-0.2, -0.15) is 0 Å². The molecule has 0 saturated carbocycles. The summed E-state index contributed by atoms with van der Waals surface area (Å²) in [7, 11) is 0. The van der Waals surface area contributed by atoms with E-state index in [4.69, 9.17) is 6.58 Å². The second-order valence-electron chi connectivity index (χ2n) is 14.5. The molecule has 9 rings (SSSR count). The molecule has 57 heavy (non-hydrogen) atoms. The number of hydrogen-bond donors (Lipinski definition) is 0. The standard InChI is InChI=1S/C56H43N/c1-3-4-8-17-41(2)56(48-22-13-7-14-23-48)54-25-16-15-24-52(54)53-39-32-47(40-55(53)56)46-30-37-51(38-31-46)57(49-33-26-44(27-34-49)42-18-9-5-10-19-42)50-35-28-45(29-36-50)43-20-11-6-12-21-43/h3-40H,2H2,1H3/b4-3-,17-8-. The van der Waals surface area contributed by atoms with E-state index in [1.807, 2.05) is 6.92 Å². The highest BCUT2D eigenvalue weighted by molar-refractivity contribution is 5.89. The number of hydrogen-bond acceptors (Lipinski definition) is 1. The Morgan fingerprint density at radius 2 is 0.842 bits per heavy atom. The summed E-state index contributed by atoms with van der Waals surface area (Å²) in [5, 5.41) is 0. The molecule has 0 fully saturated rings. The lowest BCUT2D eigenvalue weighted by Gasteiger charge is -2.34. The van der Waals surface area contributed by atoms with Gasteiger partial charge in [0.05, 0.1) is 5.41 Å². The van der Waals surface area contributed by atoms with Gasteiger partial charge >= 0.3 is 0 Å². The molecule has 0 saturated heterocycles. The topological polar surface area (TPSA) is 3.24 Å². The van der Waals surface area contributed by atoms with Crippen LogP contribution in [0.5, 0.6) is 0 Å². The quantitative estimate of drug-likeness (QED) is 0.127. The van der Waals surface area contributed by atoms with E-state index in [1.54, 1.807) is 0 Å². The van der Waals surface area contributed by atoms with Crippen LogP contribution in [0.15, 0.2) is 243 Å². The molecule has 0 amide bonds. The van der Waals surface area contributed by atoms with Gasteiger partial charge in [0.15, 0.2) is 0 Å². The van der Waals surface area contributed by atoms with Gasteiger partial charge in [-0.25, -0.2) is 0 Å². The zero-order valence-electron chi connectivity index (χ0n) is 32.1. The van der Waals surface area contributed by atoms with Crippen molar-refractivity contribution in [1.82, 2.24) is 0 Å². The molecule has 0 radical (unpaired) electrons. The monoisotopic (exact) mass is 729 g/mol. The number of anilines is 3. The third-order valence-electron chi connectivity index (χ3n) is 11.3. The predicted octanol–water partition coefficient (Wildman–Crippen LogP) is 15.2. The third-order valence-corrected chi connectivity index (χ3v) is 11.3. The molecule has 0 bridgehead atoms. The molecule has 1 aliphatic rings. The average Bonchev–Trinajstić information content (AvgIpc) is 3.59. The first-order valence-electron chi connectivity index (χ1n) is 19.7. The van der Waals surface area contributed by atoms with Crippen LogP contribution >= 0.6 is 0 Å². The molecule has 0 N–H and O–H groups in total. The lowest BCUT2D eigenvalue weighted by atomic mass is 9.67. The largest absolute Gasteiger partial charge is 0.311 e. The van der Waals surface area contributed by atoms with E-state index in [1.165, 1.54) is 55.6 Å². The number of fused-ring (bicyclic) bond motifs is 3. The van der Waals surface area contributed by atoms with Crippen LogP contribution in [0.3, 0.4) is 0 Å². The zero-order valence-corrected chi connectivity index (χ0v) is 32.1. The van der Waals surface area contributed by atoms with Gasteiger partial charge < -0.3 is 4.90 Å². The highest BCUT2D eigenvalue weighted by Gasteiger charge is 2.46. The van der Waals surface area contributed by atoms with E-state index in [9.17, 15) is 0 Å². The van der Waals surface area contributed by atoms with Crippen molar-refractivity contribution in [3.05, 3.63) is 259 Å². The molecule has 8 aromatic carbocycles. The van der Waals surface area contributed by atoms with Crippen molar-refractivity contribution in [2.45, 2.75) is 12.3 Å². The fourth-order valence-electron chi connectivity index (χ4n) is 8.51. The van der Waals surface area contributed by atoms with Gasteiger partial charge in [0, 0.05) is 17.1 Å². The number of allylic oxidation sites excluding steroid dienone is 5. The zero-order chi connectivity index (χ0) is 38.6. The lowest BCUT2D eigenvalue weighted by molar-refractivity contribution is 0.770. The summed E-state index contributed by atoms with van der Waals surface area (Å²) in [6.45, 7) is 6.81. The van der Waals surface area contributed by atoms with E-state index >= 15 is 0 Å². The van der Waals surface area contributed by atoms with Gasteiger partial charge in [0.2, 0.25) is 0 Å². The first kappa shape index (κ1) is 35.5. The first-order valence-corrected chi connectivity index (χ1v) is 19.7. The summed E-state index contributed by atoms with van der Waals surface area (Å²) in [5.74, 6) is 0. The van der Waals surface area contributed by atoms with E-state index < -0.39 is 5.41 Å². The molecule has 1 heteroatoms. The summed E-state index contributed by atoms with van der Waals surface area (Å²) in [5.41, 5.74) is 17.2. The summed E-state index contributed by atoms with van der Waals surface area (Å²) in [6, 6.07) is 74.5. The van der Waals surface area contributed by atoms with Crippen LogP contribution in [0.1, 0.15) is 23.6 Å². The molecule has 1 nitrogen and oxygen atoms in total. The summed E-state index contributed by atoms with van der Waals surface area (Å²) >= 11 is 0. The molecular weight excluding hydrogens is 687 g/mol. The van der Waals surface area contributed by atoms with Gasteiger partial charge in [0.25, 0.3) is 0 Å². The smallest absolute Gasteiger partial charge is 0.0708 e. The predicted molar refractivity (Wildman–Crippen MR) is 242 cm³/mol. The second kappa shape index (κ2) is 15.5. The third kappa shape index (κ3) is 6.54. The SMILES string of the molecule is C=C(/C=C\C=C/C)C1(c2ccccc2)c2ccccc2-c2ccc(-c3ccc(N(c4ccc(-c5ccccc5)cc4)c4ccc(-c5ccccc5)cc4)cc3)cc21. The van der Waals surface area contributed by atoms with Crippen molar-refractivity contribution in [2.24, 2.45) is 0 Å². The molecule has 1 aliphatic carbocycles. The maximum Gasteiger partial charge on any atom is 0.0708 e. The van der Waals surface area contributed by atoms with E-state index in [0.717, 1.165) is 28.2 Å². The van der Waals surface area contributed by atoms with Crippen LogP contribution in [0.4, 0.5) is 17.1 Å². The molecule has 0 aliphatic heterocycles. The van der Waals surface area contributed by atoms with Crippen LogP contribution < -0.4 is 4.90 Å². The van der Waals surface area contributed by atoms with Crippen LogP contribution in [0, 0.1) is 0 Å². The van der Waals surface area contributed by atoms with E-state index in [2.05, 4.69) is 235 Å². The highest BCUT2D eigenvalue weighted by Crippen LogP contribution is 2.57. The fraction of sp³-hybridized carbons (Fsp3) is 0.0357. The molecular formula is C56H43N. The molecule has 0 heterocycles. The van der Waals surface area contributed by atoms with Crippen molar-refractivity contribution >= 4 is 17.1 Å². The van der Waals surface area contributed by atoms with Gasteiger partial charge in [0.1, 0.15) is 0 Å². The van der Waals surface area contributed by atoms with Crippen molar-refractivity contribution in [1.29, 1.82) is 0 Å².